The van der Waals surface area contributed by atoms with Crippen molar-refractivity contribution >= 4 is 11.6 Å². The molecule has 1 heterocycles. The monoisotopic (exact) mass is 299 g/mol. The van der Waals surface area contributed by atoms with Crippen LogP contribution in [0.25, 0.3) is 0 Å². The summed E-state index contributed by atoms with van der Waals surface area (Å²) in [5.74, 6) is 0.720. The minimum atomic E-state index is -0.511. The molecular formula is C15H22ClNO3. The van der Waals surface area contributed by atoms with Gasteiger partial charge in [-0.05, 0) is 38.1 Å². The van der Waals surface area contributed by atoms with E-state index in [4.69, 9.17) is 21.1 Å². The van der Waals surface area contributed by atoms with Gasteiger partial charge in [0, 0.05) is 24.7 Å². The predicted octanol–water partition coefficient (Wildman–Crippen LogP) is 2.19. The van der Waals surface area contributed by atoms with Gasteiger partial charge in [0.25, 0.3) is 0 Å². The van der Waals surface area contributed by atoms with Crippen LogP contribution in [0.2, 0.25) is 5.02 Å². The largest absolute Gasteiger partial charge is 0.491 e. The maximum Gasteiger partial charge on any atom is 0.119 e. The van der Waals surface area contributed by atoms with Crippen molar-refractivity contribution in [2.24, 2.45) is 0 Å². The summed E-state index contributed by atoms with van der Waals surface area (Å²) in [4.78, 5) is 2.22. The standard InChI is InChI=1S/C15H22ClNO3/c1-11-7-17(8-12(2)20-11)9-14(18)10-19-15-5-3-13(16)4-6-15/h3-6,11-12,14,18H,7-10H2,1-2H3/t11-,12-,14-/m1/s1. The van der Waals surface area contributed by atoms with Gasteiger partial charge in [-0.1, -0.05) is 11.6 Å². The fourth-order valence-electron chi connectivity index (χ4n) is 2.51. The highest BCUT2D eigenvalue weighted by atomic mass is 35.5. The molecule has 20 heavy (non-hydrogen) atoms. The van der Waals surface area contributed by atoms with Crippen molar-refractivity contribution in [2.75, 3.05) is 26.2 Å². The van der Waals surface area contributed by atoms with Gasteiger partial charge in [0.05, 0.1) is 12.2 Å². The van der Waals surface area contributed by atoms with E-state index in [9.17, 15) is 5.11 Å². The molecule has 1 aromatic carbocycles. The molecule has 0 unspecified atom stereocenters. The van der Waals surface area contributed by atoms with Gasteiger partial charge in [-0.3, -0.25) is 4.90 Å². The molecule has 0 spiro atoms. The number of benzene rings is 1. The van der Waals surface area contributed by atoms with E-state index in [0.717, 1.165) is 18.8 Å². The molecule has 1 aromatic rings. The van der Waals surface area contributed by atoms with E-state index in [1.165, 1.54) is 0 Å². The number of β-amino-alcohol motifs (C(OH)–C–C–N with tert-alkyl or cyclic N) is 1. The molecule has 5 heteroatoms. The summed E-state index contributed by atoms with van der Waals surface area (Å²) in [7, 11) is 0. The number of halogens is 1. The van der Waals surface area contributed by atoms with E-state index in [1.54, 1.807) is 24.3 Å². The summed E-state index contributed by atoms with van der Waals surface area (Å²) in [5, 5.41) is 10.7. The predicted molar refractivity (Wildman–Crippen MR) is 79.4 cm³/mol. The van der Waals surface area contributed by atoms with Crippen LogP contribution in [-0.2, 0) is 4.74 Å². The molecule has 1 aliphatic rings. The van der Waals surface area contributed by atoms with E-state index in [0.29, 0.717) is 11.6 Å². The molecule has 1 saturated heterocycles. The first kappa shape index (κ1) is 15.6. The van der Waals surface area contributed by atoms with Gasteiger partial charge in [0.2, 0.25) is 0 Å². The van der Waals surface area contributed by atoms with Crippen LogP contribution >= 0.6 is 11.6 Å². The number of morpholine rings is 1. The van der Waals surface area contributed by atoms with Crippen molar-refractivity contribution in [1.29, 1.82) is 0 Å². The third-order valence-electron chi connectivity index (χ3n) is 3.22. The van der Waals surface area contributed by atoms with E-state index in [-0.39, 0.29) is 18.8 Å². The molecule has 0 amide bonds. The van der Waals surface area contributed by atoms with Crippen molar-refractivity contribution < 1.29 is 14.6 Å². The average molecular weight is 300 g/mol. The van der Waals surface area contributed by atoms with Crippen LogP contribution in [0, 0.1) is 0 Å². The van der Waals surface area contributed by atoms with Crippen molar-refractivity contribution in [3.8, 4) is 5.75 Å². The van der Waals surface area contributed by atoms with Gasteiger partial charge >= 0.3 is 0 Å². The second-order valence-electron chi connectivity index (χ2n) is 5.39. The molecule has 4 nitrogen and oxygen atoms in total. The minimum Gasteiger partial charge on any atom is -0.491 e. The van der Waals surface area contributed by atoms with Crippen LogP contribution in [0.5, 0.6) is 5.75 Å². The molecule has 0 radical (unpaired) electrons. The van der Waals surface area contributed by atoms with E-state index >= 15 is 0 Å². The molecule has 1 N–H and O–H groups in total. The molecular weight excluding hydrogens is 278 g/mol. The van der Waals surface area contributed by atoms with E-state index in [2.05, 4.69) is 18.7 Å². The zero-order valence-corrected chi connectivity index (χ0v) is 12.7. The van der Waals surface area contributed by atoms with E-state index in [1.807, 2.05) is 0 Å². The van der Waals surface area contributed by atoms with Crippen molar-refractivity contribution in [3.05, 3.63) is 29.3 Å². The highest BCUT2D eigenvalue weighted by Crippen LogP contribution is 2.16. The first-order chi connectivity index (χ1) is 9.52. The molecule has 1 aliphatic heterocycles. The van der Waals surface area contributed by atoms with Crippen molar-refractivity contribution in [3.63, 3.8) is 0 Å². The second-order valence-corrected chi connectivity index (χ2v) is 5.83. The Morgan fingerprint density at radius 2 is 1.90 bits per heavy atom. The molecule has 0 aliphatic carbocycles. The molecule has 2 rings (SSSR count). The van der Waals surface area contributed by atoms with Gasteiger partial charge in [-0.2, -0.15) is 0 Å². The lowest BCUT2D eigenvalue weighted by atomic mass is 10.2. The van der Waals surface area contributed by atoms with Crippen LogP contribution < -0.4 is 4.74 Å². The molecule has 3 atom stereocenters. The number of ether oxygens (including phenoxy) is 2. The van der Waals surface area contributed by atoms with Crippen LogP contribution in [0.4, 0.5) is 0 Å². The molecule has 112 valence electrons. The lowest BCUT2D eigenvalue weighted by Gasteiger charge is -2.36. The highest BCUT2D eigenvalue weighted by molar-refractivity contribution is 6.30. The van der Waals surface area contributed by atoms with Crippen molar-refractivity contribution in [2.45, 2.75) is 32.2 Å². The van der Waals surface area contributed by atoms with Crippen LogP contribution in [0.3, 0.4) is 0 Å². The number of hydrogen-bond donors (Lipinski definition) is 1. The normalized spacial score (nSPS) is 25.4. The number of hydrogen-bond acceptors (Lipinski definition) is 4. The first-order valence-corrected chi connectivity index (χ1v) is 7.35. The second kappa shape index (κ2) is 7.27. The Hall–Kier alpha value is -0.810. The number of nitrogens with zero attached hydrogens (tertiary/aromatic N) is 1. The third kappa shape index (κ3) is 4.94. The van der Waals surface area contributed by atoms with Gasteiger partial charge in [0.15, 0.2) is 0 Å². The summed E-state index contributed by atoms with van der Waals surface area (Å²) in [6.45, 7) is 6.69. The minimum absolute atomic E-state index is 0.211. The van der Waals surface area contributed by atoms with Gasteiger partial charge in [-0.25, -0.2) is 0 Å². The Kier molecular flexibility index (Phi) is 5.66. The van der Waals surface area contributed by atoms with Gasteiger partial charge in [0.1, 0.15) is 18.5 Å². The number of rotatable bonds is 5. The Bertz CT molecular complexity index is 402. The summed E-state index contributed by atoms with van der Waals surface area (Å²) in [5.41, 5.74) is 0. The Labute approximate surface area is 125 Å². The molecule has 1 fully saturated rings. The smallest absolute Gasteiger partial charge is 0.119 e. The fraction of sp³-hybridized carbons (Fsp3) is 0.600. The maximum absolute atomic E-state index is 10.1. The lowest BCUT2D eigenvalue weighted by molar-refractivity contribution is -0.0786. The number of aliphatic hydroxyl groups excluding tert-OH is 1. The fourth-order valence-corrected chi connectivity index (χ4v) is 2.63. The summed E-state index contributed by atoms with van der Waals surface area (Å²) in [6, 6.07) is 7.14. The SMILES string of the molecule is C[C@@H]1CN(C[C@@H](O)COc2ccc(Cl)cc2)C[C@@H](C)O1. The topological polar surface area (TPSA) is 41.9 Å². The summed E-state index contributed by atoms with van der Waals surface area (Å²) in [6.07, 6.45) is -0.0885. The van der Waals surface area contributed by atoms with Crippen molar-refractivity contribution in [1.82, 2.24) is 4.90 Å². The molecule has 0 bridgehead atoms. The lowest BCUT2D eigenvalue weighted by Crippen LogP contribution is -2.48. The average Bonchev–Trinajstić information content (AvgIpc) is 2.37. The third-order valence-corrected chi connectivity index (χ3v) is 3.47. The van der Waals surface area contributed by atoms with Gasteiger partial charge < -0.3 is 14.6 Å². The zero-order valence-electron chi connectivity index (χ0n) is 12.0. The summed E-state index contributed by atoms with van der Waals surface area (Å²) < 4.78 is 11.2. The van der Waals surface area contributed by atoms with Crippen LogP contribution in [0.1, 0.15) is 13.8 Å². The maximum atomic E-state index is 10.1. The highest BCUT2D eigenvalue weighted by Gasteiger charge is 2.23. The number of aliphatic hydroxyl groups is 1. The Morgan fingerprint density at radius 1 is 1.30 bits per heavy atom. The van der Waals surface area contributed by atoms with Crippen LogP contribution in [-0.4, -0.2) is 54.6 Å². The zero-order chi connectivity index (χ0) is 14.5. The van der Waals surface area contributed by atoms with Crippen LogP contribution in [0.15, 0.2) is 24.3 Å². The van der Waals surface area contributed by atoms with E-state index < -0.39 is 6.10 Å². The molecule has 0 saturated carbocycles. The van der Waals surface area contributed by atoms with Gasteiger partial charge in [-0.15, -0.1) is 0 Å². The quantitative estimate of drug-likeness (QED) is 0.905. The summed E-state index contributed by atoms with van der Waals surface area (Å²) >= 11 is 5.81. The Morgan fingerprint density at radius 3 is 2.50 bits per heavy atom. The first-order valence-electron chi connectivity index (χ1n) is 6.97. The Balaban J connectivity index is 1.74. The molecule has 0 aromatic heterocycles.